The second-order valence-electron chi connectivity index (χ2n) is 2.76. The number of alkyl halides is 3. The molecule has 1 aliphatic carbocycles. The fraction of sp³-hybridized carbons (Fsp3) is 1.00. The molecule has 1 saturated carbocycles. The van der Waals surface area contributed by atoms with Crippen LogP contribution in [0.1, 0.15) is 26.7 Å². The smallest absolute Gasteiger partial charge is 0.391 e. The van der Waals surface area contributed by atoms with Crippen LogP contribution in [-0.2, 0) is 0 Å². The van der Waals surface area contributed by atoms with Crippen molar-refractivity contribution < 1.29 is 18.3 Å². The van der Waals surface area contributed by atoms with Gasteiger partial charge in [-0.05, 0) is 18.8 Å². The van der Waals surface area contributed by atoms with Crippen LogP contribution in [0.3, 0.4) is 0 Å². The van der Waals surface area contributed by atoms with Crippen molar-refractivity contribution in [3.63, 3.8) is 0 Å². The number of hydrogen-bond acceptors (Lipinski definition) is 1. The van der Waals surface area contributed by atoms with Crippen LogP contribution in [0.4, 0.5) is 13.2 Å². The molecule has 0 aliphatic heterocycles. The molecule has 0 bridgehead atoms. The Bertz CT molecular complexity index is 116. The van der Waals surface area contributed by atoms with Crippen LogP contribution in [0, 0.1) is 11.8 Å². The Morgan fingerprint density at radius 2 is 1.67 bits per heavy atom. The Morgan fingerprint density at radius 3 is 1.92 bits per heavy atom. The zero-order valence-corrected chi connectivity index (χ0v) is 7.36. The van der Waals surface area contributed by atoms with Crippen LogP contribution < -0.4 is 0 Å². The molecule has 1 fully saturated rings. The summed E-state index contributed by atoms with van der Waals surface area (Å²) in [5, 5.41) is 8.40. The van der Waals surface area contributed by atoms with E-state index in [1.165, 1.54) is 0 Å². The molecule has 74 valence electrons. The first-order chi connectivity index (χ1) is 5.54. The van der Waals surface area contributed by atoms with E-state index in [4.69, 9.17) is 5.11 Å². The molecule has 0 radical (unpaired) electrons. The van der Waals surface area contributed by atoms with E-state index >= 15 is 0 Å². The first-order valence-electron chi connectivity index (χ1n) is 4.21. The van der Waals surface area contributed by atoms with Crippen molar-refractivity contribution in [2.24, 2.45) is 11.8 Å². The molecule has 1 nitrogen and oxygen atoms in total. The summed E-state index contributed by atoms with van der Waals surface area (Å²) in [4.78, 5) is 0. The minimum Gasteiger partial charge on any atom is -0.396 e. The number of halogens is 3. The van der Waals surface area contributed by atoms with Gasteiger partial charge in [0.15, 0.2) is 0 Å². The quantitative estimate of drug-likeness (QED) is 0.664. The van der Waals surface area contributed by atoms with Crippen LogP contribution >= 0.6 is 0 Å². The van der Waals surface area contributed by atoms with Crippen molar-refractivity contribution in [3.05, 3.63) is 0 Å². The Balaban J connectivity index is 0.000000561. The molecule has 0 spiro atoms. The molecule has 1 N–H and O–H groups in total. The Kier molecular flexibility index (Phi) is 4.60. The van der Waals surface area contributed by atoms with Gasteiger partial charge in [-0.25, -0.2) is 0 Å². The second kappa shape index (κ2) is 4.70. The Labute approximate surface area is 70.6 Å². The Morgan fingerprint density at radius 1 is 1.25 bits per heavy atom. The van der Waals surface area contributed by atoms with Crippen LogP contribution in [0.2, 0.25) is 0 Å². The molecular weight excluding hydrogens is 169 g/mol. The summed E-state index contributed by atoms with van der Waals surface area (Å²) in [6.45, 7) is 3.90. The van der Waals surface area contributed by atoms with Gasteiger partial charge in [-0.2, -0.15) is 13.2 Å². The molecule has 1 rings (SSSR count). The molecule has 0 unspecified atom stereocenters. The third-order valence-electron chi connectivity index (χ3n) is 1.96. The van der Waals surface area contributed by atoms with Crippen molar-refractivity contribution in [3.8, 4) is 0 Å². The summed E-state index contributed by atoms with van der Waals surface area (Å²) >= 11 is 0. The maximum Gasteiger partial charge on any atom is 0.391 e. The molecule has 0 aromatic rings. The summed E-state index contributed by atoms with van der Waals surface area (Å²) in [5.41, 5.74) is 0. The Hall–Kier alpha value is -0.250. The fourth-order valence-electron chi connectivity index (χ4n) is 1.15. The third kappa shape index (κ3) is 3.01. The molecular formula is C8H15F3O. The van der Waals surface area contributed by atoms with Gasteiger partial charge in [0, 0.05) is 6.61 Å². The summed E-state index contributed by atoms with van der Waals surface area (Å²) in [6.07, 6.45) is -3.81. The van der Waals surface area contributed by atoms with Gasteiger partial charge >= 0.3 is 6.18 Å². The monoisotopic (exact) mass is 184 g/mol. The van der Waals surface area contributed by atoms with Gasteiger partial charge in [-0.15, -0.1) is 0 Å². The summed E-state index contributed by atoms with van der Waals surface area (Å²) in [7, 11) is 0. The summed E-state index contributed by atoms with van der Waals surface area (Å²) < 4.78 is 35.2. The summed E-state index contributed by atoms with van der Waals surface area (Å²) in [6, 6.07) is 0. The molecule has 0 atom stereocenters. The molecule has 12 heavy (non-hydrogen) atoms. The predicted octanol–water partition coefficient (Wildman–Crippen LogP) is 2.59. The van der Waals surface area contributed by atoms with Crippen LogP contribution in [0.15, 0.2) is 0 Å². The lowest BCUT2D eigenvalue weighted by Crippen LogP contribution is -2.37. The van der Waals surface area contributed by atoms with Crippen molar-refractivity contribution in [1.29, 1.82) is 0 Å². The van der Waals surface area contributed by atoms with E-state index in [0.29, 0.717) is 0 Å². The van der Waals surface area contributed by atoms with Crippen LogP contribution in [0.25, 0.3) is 0 Å². The SMILES string of the molecule is CC.OCC1CC(C(F)(F)F)C1. The highest BCUT2D eigenvalue weighted by molar-refractivity contribution is 4.83. The highest BCUT2D eigenvalue weighted by atomic mass is 19.4. The van der Waals surface area contributed by atoms with Gasteiger partial charge in [0.2, 0.25) is 0 Å². The van der Waals surface area contributed by atoms with Gasteiger partial charge in [0.05, 0.1) is 5.92 Å². The number of aliphatic hydroxyl groups excluding tert-OH is 1. The molecule has 0 amide bonds. The van der Waals surface area contributed by atoms with Crippen LogP contribution in [-0.4, -0.2) is 17.9 Å². The minimum absolute atomic E-state index is 0.105. The number of aliphatic hydroxyl groups is 1. The predicted molar refractivity (Wildman–Crippen MR) is 40.7 cm³/mol. The van der Waals surface area contributed by atoms with E-state index in [2.05, 4.69) is 0 Å². The van der Waals surface area contributed by atoms with Crippen molar-refractivity contribution >= 4 is 0 Å². The summed E-state index contributed by atoms with van der Waals surface area (Å²) in [5.74, 6) is -1.25. The topological polar surface area (TPSA) is 20.2 Å². The third-order valence-corrected chi connectivity index (χ3v) is 1.96. The van der Waals surface area contributed by atoms with Gasteiger partial charge in [0.25, 0.3) is 0 Å². The molecule has 0 heterocycles. The zero-order chi connectivity index (χ0) is 9.78. The van der Waals surface area contributed by atoms with E-state index in [1.807, 2.05) is 13.8 Å². The van der Waals surface area contributed by atoms with Crippen molar-refractivity contribution in [2.75, 3.05) is 6.61 Å². The van der Waals surface area contributed by atoms with E-state index in [1.54, 1.807) is 0 Å². The normalized spacial score (nSPS) is 28.5. The van der Waals surface area contributed by atoms with Crippen molar-refractivity contribution in [1.82, 2.24) is 0 Å². The zero-order valence-electron chi connectivity index (χ0n) is 7.36. The highest BCUT2D eigenvalue weighted by Gasteiger charge is 2.47. The first kappa shape index (κ1) is 11.8. The fourth-order valence-corrected chi connectivity index (χ4v) is 1.15. The largest absolute Gasteiger partial charge is 0.396 e. The minimum atomic E-state index is -4.04. The average molecular weight is 184 g/mol. The van der Waals surface area contributed by atoms with Gasteiger partial charge in [-0.1, -0.05) is 13.8 Å². The second-order valence-corrected chi connectivity index (χ2v) is 2.76. The molecule has 4 heteroatoms. The lowest BCUT2D eigenvalue weighted by atomic mass is 9.75. The molecule has 0 saturated heterocycles. The van der Waals surface area contributed by atoms with Crippen molar-refractivity contribution in [2.45, 2.75) is 32.9 Å². The van der Waals surface area contributed by atoms with Gasteiger partial charge in [-0.3, -0.25) is 0 Å². The van der Waals surface area contributed by atoms with E-state index < -0.39 is 12.1 Å². The maximum atomic E-state index is 11.7. The van der Waals surface area contributed by atoms with E-state index in [0.717, 1.165) is 0 Å². The van der Waals surface area contributed by atoms with Crippen LogP contribution in [0.5, 0.6) is 0 Å². The number of hydrogen-bond donors (Lipinski definition) is 1. The first-order valence-corrected chi connectivity index (χ1v) is 4.21. The van der Waals surface area contributed by atoms with E-state index in [9.17, 15) is 13.2 Å². The lowest BCUT2D eigenvalue weighted by molar-refractivity contribution is -0.206. The molecule has 0 aromatic heterocycles. The van der Waals surface area contributed by atoms with E-state index in [-0.39, 0.29) is 25.4 Å². The average Bonchev–Trinajstić information content (AvgIpc) is 1.87. The standard InChI is InChI=1S/C6H9F3O.C2H6/c7-6(8,9)5-1-4(2-5)3-10;1-2/h4-5,10H,1-3H2;1-2H3. The molecule has 1 aliphatic rings. The van der Waals surface area contributed by atoms with Gasteiger partial charge in [0.1, 0.15) is 0 Å². The lowest BCUT2D eigenvalue weighted by Gasteiger charge is -2.35. The highest BCUT2D eigenvalue weighted by Crippen LogP contribution is 2.44. The van der Waals surface area contributed by atoms with Gasteiger partial charge < -0.3 is 5.11 Å². The number of rotatable bonds is 1. The maximum absolute atomic E-state index is 11.7. The molecule has 0 aromatic carbocycles.